The molecule has 3 rings (SSSR count). The van der Waals surface area contributed by atoms with E-state index in [1.165, 1.54) is 16.8 Å². The van der Waals surface area contributed by atoms with Crippen LogP contribution in [0.4, 0.5) is 5.69 Å². The number of nitrogens with zero attached hydrogens (tertiary/aromatic N) is 2. The Morgan fingerprint density at radius 3 is 2.24 bits per heavy atom. The molecule has 3 aromatic rings. The first-order valence-corrected chi connectivity index (χ1v) is 7.69. The summed E-state index contributed by atoms with van der Waals surface area (Å²) < 4.78 is 3.25. The molecule has 2 heterocycles. The van der Waals surface area contributed by atoms with Crippen molar-refractivity contribution in [1.29, 1.82) is 0 Å². The van der Waals surface area contributed by atoms with E-state index >= 15 is 0 Å². The summed E-state index contributed by atoms with van der Waals surface area (Å²) in [5, 5.41) is 1.04. The van der Waals surface area contributed by atoms with E-state index in [0.717, 1.165) is 32.5 Å². The number of hydrogen-bond donors (Lipinski definition) is 1. The minimum Gasteiger partial charge on any atom is -0.398 e. The molecule has 2 N–H and O–H groups in total. The standard InChI is InChI=1S/C17H18BrN3/c1-9-5-13(18)6-10(2)16(9)21-8-11(3)15-14(19)7-12(4)20-17(15)21/h5-8H,1-4H3,(H2,19,20). The normalized spacial score (nSPS) is 11.3. The molecule has 0 saturated heterocycles. The molecule has 21 heavy (non-hydrogen) atoms. The summed E-state index contributed by atoms with van der Waals surface area (Å²) in [5.41, 5.74) is 13.6. The van der Waals surface area contributed by atoms with Gasteiger partial charge in [0.2, 0.25) is 0 Å². The van der Waals surface area contributed by atoms with Gasteiger partial charge >= 0.3 is 0 Å². The number of nitrogens with two attached hydrogens (primary N) is 1. The van der Waals surface area contributed by atoms with Crippen LogP contribution in [0.2, 0.25) is 0 Å². The molecule has 0 radical (unpaired) electrons. The third-order valence-electron chi connectivity index (χ3n) is 3.80. The molecule has 0 atom stereocenters. The fourth-order valence-electron chi connectivity index (χ4n) is 3.03. The second kappa shape index (κ2) is 4.88. The minimum atomic E-state index is 0.793. The lowest BCUT2D eigenvalue weighted by molar-refractivity contribution is 1.04. The first-order valence-electron chi connectivity index (χ1n) is 6.90. The number of anilines is 1. The van der Waals surface area contributed by atoms with Gasteiger partial charge in [-0.2, -0.15) is 0 Å². The molecule has 0 saturated carbocycles. The first-order chi connectivity index (χ1) is 9.88. The largest absolute Gasteiger partial charge is 0.398 e. The number of rotatable bonds is 1. The van der Waals surface area contributed by atoms with Crippen LogP contribution in [0.25, 0.3) is 16.7 Å². The second-order valence-electron chi connectivity index (χ2n) is 5.62. The van der Waals surface area contributed by atoms with Crippen molar-refractivity contribution in [3.63, 3.8) is 0 Å². The van der Waals surface area contributed by atoms with Crippen LogP contribution in [0.1, 0.15) is 22.4 Å². The van der Waals surface area contributed by atoms with Gasteiger partial charge in [-0.3, -0.25) is 0 Å². The van der Waals surface area contributed by atoms with Gasteiger partial charge in [0, 0.05) is 27.4 Å². The van der Waals surface area contributed by atoms with Crippen LogP contribution < -0.4 is 5.73 Å². The summed E-state index contributed by atoms with van der Waals surface area (Å²) in [4.78, 5) is 4.71. The Kier molecular flexibility index (Phi) is 3.29. The van der Waals surface area contributed by atoms with Crippen LogP contribution in [0.5, 0.6) is 0 Å². The van der Waals surface area contributed by atoms with Gasteiger partial charge in [0.15, 0.2) is 0 Å². The smallest absolute Gasteiger partial charge is 0.147 e. The summed E-state index contributed by atoms with van der Waals surface area (Å²) in [6, 6.07) is 6.19. The monoisotopic (exact) mass is 343 g/mol. The van der Waals surface area contributed by atoms with E-state index in [1.54, 1.807) is 0 Å². The minimum absolute atomic E-state index is 0.793. The molecule has 108 valence electrons. The number of halogens is 1. The van der Waals surface area contributed by atoms with Gasteiger partial charge in [0.25, 0.3) is 0 Å². The average molecular weight is 344 g/mol. The molecule has 0 amide bonds. The van der Waals surface area contributed by atoms with Crippen LogP contribution >= 0.6 is 15.9 Å². The van der Waals surface area contributed by atoms with E-state index < -0.39 is 0 Å². The molecule has 0 aliphatic heterocycles. The lowest BCUT2D eigenvalue weighted by Crippen LogP contribution is -2.01. The van der Waals surface area contributed by atoms with Crippen molar-refractivity contribution in [2.24, 2.45) is 0 Å². The molecular formula is C17H18BrN3. The Hall–Kier alpha value is -1.81. The van der Waals surface area contributed by atoms with E-state index in [0.29, 0.717) is 0 Å². The number of fused-ring (bicyclic) bond motifs is 1. The number of aromatic nitrogens is 2. The summed E-state index contributed by atoms with van der Waals surface area (Å²) in [5.74, 6) is 0. The molecule has 1 aromatic carbocycles. The van der Waals surface area contributed by atoms with E-state index in [9.17, 15) is 0 Å². The van der Waals surface area contributed by atoms with Gasteiger partial charge in [-0.05, 0) is 62.6 Å². The third-order valence-corrected chi connectivity index (χ3v) is 4.26. The second-order valence-corrected chi connectivity index (χ2v) is 6.54. The van der Waals surface area contributed by atoms with Crippen molar-refractivity contribution < 1.29 is 0 Å². The number of nitrogen functional groups attached to an aromatic ring is 1. The van der Waals surface area contributed by atoms with Crippen LogP contribution in [0, 0.1) is 27.7 Å². The van der Waals surface area contributed by atoms with Crippen LogP contribution in [0.15, 0.2) is 28.9 Å². The Labute approximate surface area is 132 Å². The molecule has 3 nitrogen and oxygen atoms in total. The Balaban J connectivity index is 2.42. The molecule has 0 aliphatic carbocycles. The predicted molar refractivity (Wildman–Crippen MR) is 92.1 cm³/mol. The Bertz CT molecular complexity index is 839. The van der Waals surface area contributed by atoms with Gasteiger partial charge in [0.1, 0.15) is 5.65 Å². The maximum atomic E-state index is 6.19. The van der Waals surface area contributed by atoms with Crippen molar-refractivity contribution in [3.05, 3.63) is 51.3 Å². The zero-order valence-corrected chi connectivity index (χ0v) is 14.2. The molecule has 0 fully saturated rings. The maximum absolute atomic E-state index is 6.19. The van der Waals surface area contributed by atoms with Crippen molar-refractivity contribution in [3.8, 4) is 5.69 Å². The van der Waals surface area contributed by atoms with Gasteiger partial charge in [-0.15, -0.1) is 0 Å². The SMILES string of the molecule is Cc1cc(N)c2c(C)cn(-c3c(C)cc(Br)cc3C)c2n1. The topological polar surface area (TPSA) is 43.8 Å². The van der Waals surface area contributed by atoms with Gasteiger partial charge in [-0.1, -0.05) is 15.9 Å². The number of aryl methyl sites for hydroxylation is 4. The lowest BCUT2D eigenvalue weighted by Gasteiger charge is -2.13. The predicted octanol–water partition coefficient (Wildman–Crippen LogP) is 4.60. The summed E-state index contributed by atoms with van der Waals surface area (Å²) in [6.45, 7) is 8.29. The van der Waals surface area contributed by atoms with Crippen molar-refractivity contribution in [2.45, 2.75) is 27.7 Å². The number of hydrogen-bond acceptors (Lipinski definition) is 2. The van der Waals surface area contributed by atoms with E-state index in [2.05, 4.69) is 59.6 Å². The number of benzene rings is 1. The highest BCUT2D eigenvalue weighted by Crippen LogP contribution is 2.32. The molecule has 0 bridgehead atoms. The molecule has 0 unspecified atom stereocenters. The van der Waals surface area contributed by atoms with Crippen LogP contribution in [-0.4, -0.2) is 9.55 Å². The van der Waals surface area contributed by atoms with Crippen molar-refractivity contribution >= 4 is 32.7 Å². The Morgan fingerprint density at radius 1 is 1.00 bits per heavy atom. The van der Waals surface area contributed by atoms with Gasteiger partial charge in [0.05, 0.1) is 5.69 Å². The lowest BCUT2D eigenvalue weighted by atomic mass is 10.1. The van der Waals surface area contributed by atoms with E-state index in [4.69, 9.17) is 10.7 Å². The van der Waals surface area contributed by atoms with Crippen molar-refractivity contribution in [1.82, 2.24) is 9.55 Å². The molecule has 4 heteroatoms. The maximum Gasteiger partial charge on any atom is 0.147 e. The average Bonchev–Trinajstić information content (AvgIpc) is 2.65. The molecule has 2 aromatic heterocycles. The van der Waals surface area contributed by atoms with Crippen LogP contribution in [-0.2, 0) is 0 Å². The third kappa shape index (κ3) is 2.23. The highest BCUT2D eigenvalue weighted by Gasteiger charge is 2.15. The number of pyridine rings is 1. The van der Waals surface area contributed by atoms with E-state index in [1.807, 2.05) is 13.0 Å². The van der Waals surface area contributed by atoms with E-state index in [-0.39, 0.29) is 0 Å². The fourth-order valence-corrected chi connectivity index (χ4v) is 3.72. The van der Waals surface area contributed by atoms with Crippen molar-refractivity contribution in [2.75, 3.05) is 5.73 Å². The van der Waals surface area contributed by atoms with Crippen LogP contribution in [0.3, 0.4) is 0 Å². The highest BCUT2D eigenvalue weighted by molar-refractivity contribution is 9.10. The molecule has 0 aliphatic rings. The highest BCUT2D eigenvalue weighted by atomic mass is 79.9. The summed E-state index contributed by atoms with van der Waals surface area (Å²) in [7, 11) is 0. The zero-order chi connectivity index (χ0) is 15.3. The zero-order valence-electron chi connectivity index (χ0n) is 12.7. The quantitative estimate of drug-likeness (QED) is 0.701. The molecular weight excluding hydrogens is 326 g/mol. The Morgan fingerprint density at radius 2 is 1.62 bits per heavy atom. The summed E-state index contributed by atoms with van der Waals surface area (Å²) >= 11 is 3.55. The van der Waals surface area contributed by atoms with Gasteiger partial charge < -0.3 is 10.3 Å². The fraction of sp³-hybridized carbons (Fsp3) is 0.235. The van der Waals surface area contributed by atoms with Gasteiger partial charge in [-0.25, -0.2) is 4.98 Å². The first kappa shape index (κ1) is 14.1. The summed E-state index contributed by atoms with van der Waals surface area (Å²) in [6.07, 6.45) is 2.12. The molecule has 0 spiro atoms.